The summed E-state index contributed by atoms with van der Waals surface area (Å²) in [6.45, 7) is 0. The molecule has 0 amide bonds. The molecule has 1 aromatic rings. The van der Waals surface area contributed by atoms with Crippen molar-refractivity contribution in [3.8, 4) is 0 Å². The molecule has 1 aromatic carbocycles. The molecule has 0 aliphatic heterocycles. The second kappa shape index (κ2) is 5.63. The van der Waals surface area contributed by atoms with Gasteiger partial charge in [0.1, 0.15) is 0 Å². The number of esters is 1. The number of hydrogen-bond acceptors (Lipinski definition) is 3. The lowest BCUT2D eigenvalue weighted by Gasteiger charge is -2.12. The number of nitrogens with two attached hydrogens (primary N) is 1. The van der Waals surface area contributed by atoms with Crippen LogP contribution in [0.25, 0.3) is 0 Å². The summed E-state index contributed by atoms with van der Waals surface area (Å²) < 4.78 is 6.39. The zero-order valence-electron chi connectivity index (χ0n) is 8.17. The van der Waals surface area contributed by atoms with Crippen molar-refractivity contribution in [1.29, 1.82) is 0 Å². The molecule has 82 valence electrons. The Morgan fingerprint density at radius 3 is 2.80 bits per heavy atom. The van der Waals surface area contributed by atoms with Crippen LogP contribution in [0.1, 0.15) is 18.0 Å². The summed E-state index contributed by atoms with van der Waals surface area (Å²) in [6, 6.07) is 5.32. The molecular formula is C10H11Br2NO2. The fraction of sp³-hybridized carbons (Fsp3) is 0.300. The Kier molecular flexibility index (Phi) is 4.76. The highest BCUT2D eigenvalue weighted by atomic mass is 79.9. The zero-order valence-corrected chi connectivity index (χ0v) is 11.3. The van der Waals surface area contributed by atoms with Gasteiger partial charge in [-0.15, -0.1) is 0 Å². The van der Waals surface area contributed by atoms with Crippen LogP contribution in [0.3, 0.4) is 0 Å². The van der Waals surface area contributed by atoms with Gasteiger partial charge in [0, 0.05) is 15.0 Å². The summed E-state index contributed by atoms with van der Waals surface area (Å²) in [5.41, 5.74) is 6.77. The molecular weight excluding hydrogens is 326 g/mol. The molecule has 0 heterocycles. The van der Waals surface area contributed by atoms with Crippen molar-refractivity contribution in [2.45, 2.75) is 12.5 Å². The standard InChI is InChI=1S/C10H11Br2NO2/c1-15-10(14)5-9(13)7-4-6(11)2-3-8(7)12/h2-4,9H,5,13H2,1H3/t9-/m0/s1. The van der Waals surface area contributed by atoms with E-state index >= 15 is 0 Å². The molecule has 0 unspecified atom stereocenters. The Morgan fingerprint density at radius 1 is 1.53 bits per heavy atom. The van der Waals surface area contributed by atoms with Gasteiger partial charge in [-0.05, 0) is 23.8 Å². The van der Waals surface area contributed by atoms with Gasteiger partial charge in [0.25, 0.3) is 0 Å². The Morgan fingerprint density at radius 2 is 2.20 bits per heavy atom. The molecule has 0 aromatic heterocycles. The second-order valence-corrected chi connectivity index (χ2v) is 4.82. The SMILES string of the molecule is COC(=O)C[C@H](N)c1cc(Br)ccc1Br. The minimum absolute atomic E-state index is 0.172. The molecule has 0 aliphatic carbocycles. The first-order chi connectivity index (χ1) is 7.04. The normalized spacial score (nSPS) is 12.3. The molecule has 0 radical (unpaired) electrons. The Bertz CT molecular complexity index is 368. The fourth-order valence-electron chi connectivity index (χ4n) is 1.17. The highest BCUT2D eigenvalue weighted by Crippen LogP contribution is 2.27. The molecule has 0 bridgehead atoms. The third-order valence-corrected chi connectivity index (χ3v) is 3.19. The van der Waals surface area contributed by atoms with Crippen molar-refractivity contribution >= 4 is 37.8 Å². The highest BCUT2D eigenvalue weighted by molar-refractivity contribution is 9.11. The summed E-state index contributed by atoms with van der Waals surface area (Å²) in [5.74, 6) is -0.311. The molecule has 0 saturated heterocycles. The molecule has 1 rings (SSSR count). The van der Waals surface area contributed by atoms with Gasteiger partial charge in [0.2, 0.25) is 0 Å². The minimum atomic E-state index is -0.357. The quantitative estimate of drug-likeness (QED) is 0.863. The maximum absolute atomic E-state index is 11.1. The number of carbonyl (C=O) groups is 1. The van der Waals surface area contributed by atoms with Gasteiger partial charge in [-0.25, -0.2) is 0 Å². The van der Waals surface area contributed by atoms with Gasteiger partial charge in [0.05, 0.1) is 13.5 Å². The van der Waals surface area contributed by atoms with Crippen molar-refractivity contribution in [3.05, 3.63) is 32.7 Å². The van der Waals surface area contributed by atoms with Crippen molar-refractivity contribution in [2.24, 2.45) is 5.73 Å². The number of ether oxygens (including phenoxy) is 1. The molecule has 3 nitrogen and oxygen atoms in total. The van der Waals surface area contributed by atoms with Gasteiger partial charge in [0.15, 0.2) is 0 Å². The van der Waals surface area contributed by atoms with Crippen LogP contribution in [0, 0.1) is 0 Å². The van der Waals surface area contributed by atoms with E-state index < -0.39 is 0 Å². The first kappa shape index (κ1) is 12.7. The van der Waals surface area contributed by atoms with Crippen molar-refractivity contribution < 1.29 is 9.53 Å². The van der Waals surface area contributed by atoms with Crippen LogP contribution >= 0.6 is 31.9 Å². The second-order valence-electron chi connectivity index (χ2n) is 3.05. The zero-order chi connectivity index (χ0) is 11.4. The summed E-state index contributed by atoms with van der Waals surface area (Å²) in [6.07, 6.45) is 0.172. The van der Waals surface area contributed by atoms with E-state index in [1.165, 1.54) is 7.11 Å². The Labute approximate surface area is 105 Å². The third kappa shape index (κ3) is 3.59. The molecule has 0 saturated carbocycles. The number of hydrogen-bond donors (Lipinski definition) is 1. The average molecular weight is 337 g/mol. The third-order valence-electron chi connectivity index (χ3n) is 1.97. The predicted octanol–water partition coefficient (Wildman–Crippen LogP) is 2.77. The van der Waals surface area contributed by atoms with E-state index in [0.29, 0.717) is 0 Å². The van der Waals surface area contributed by atoms with E-state index in [1.54, 1.807) is 0 Å². The maximum Gasteiger partial charge on any atom is 0.307 e. The van der Waals surface area contributed by atoms with Crippen LogP contribution in [0.4, 0.5) is 0 Å². The van der Waals surface area contributed by atoms with Crippen molar-refractivity contribution in [3.63, 3.8) is 0 Å². The van der Waals surface area contributed by atoms with Gasteiger partial charge < -0.3 is 10.5 Å². The first-order valence-corrected chi connectivity index (χ1v) is 5.90. The van der Waals surface area contributed by atoms with E-state index in [0.717, 1.165) is 14.5 Å². The van der Waals surface area contributed by atoms with Gasteiger partial charge in [-0.1, -0.05) is 31.9 Å². The number of rotatable bonds is 3. The molecule has 5 heteroatoms. The van der Waals surface area contributed by atoms with E-state index in [9.17, 15) is 4.79 Å². The number of benzene rings is 1. The van der Waals surface area contributed by atoms with Gasteiger partial charge >= 0.3 is 5.97 Å². The Hall–Kier alpha value is -0.390. The predicted molar refractivity (Wildman–Crippen MR) is 65.4 cm³/mol. The highest BCUT2D eigenvalue weighted by Gasteiger charge is 2.14. The molecule has 0 aliphatic rings. The number of halogens is 2. The van der Waals surface area contributed by atoms with Crippen LogP contribution in [-0.2, 0) is 9.53 Å². The van der Waals surface area contributed by atoms with Gasteiger partial charge in [-0.2, -0.15) is 0 Å². The first-order valence-electron chi connectivity index (χ1n) is 4.32. The largest absolute Gasteiger partial charge is 0.469 e. The molecule has 1 atom stereocenters. The number of methoxy groups -OCH3 is 1. The van der Waals surface area contributed by atoms with Crippen molar-refractivity contribution in [1.82, 2.24) is 0 Å². The van der Waals surface area contributed by atoms with E-state index in [-0.39, 0.29) is 18.4 Å². The van der Waals surface area contributed by atoms with Gasteiger partial charge in [-0.3, -0.25) is 4.79 Å². The average Bonchev–Trinajstić information content (AvgIpc) is 2.21. The lowest BCUT2D eigenvalue weighted by Crippen LogP contribution is -2.16. The van der Waals surface area contributed by atoms with Crippen molar-refractivity contribution in [2.75, 3.05) is 7.11 Å². The van der Waals surface area contributed by atoms with E-state index in [1.807, 2.05) is 18.2 Å². The van der Waals surface area contributed by atoms with Crippen LogP contribution in [-0.4, -0.2) is 13.1 Å². The smallest absolute Gasteiger partial charge is 0.307 e. The topological polar surface area (TPSA) is 52.3 Å². The van der Waals surface area contributed by atoms with E-state index in [4.69, 9.17) is 5.73 Å². The summed E-state index contributed by atoms with van der Waals surface area (Å²) in [4.78, 5) is 11.1. The molecule has 2 N–H and O–H groups in total. The number of carbonyl (C=O) groups excluding carboxylic acids is 1. The Balaban J connectivity index is 2.85. The van der Waals surface area contributed by atoms with Crippen LogP contribution in [0.5, 0.6) is 0 Å². The molecule has 0 spiro atoms. The monoisotopic (exact) mass is 335 g/mol. The minimum Gasteiger partial charge on any atom is -0.469 e. The lowest BCUT2D eigenvalue weighted by atomic mass is 10.1. The summed E-state index contributed by atoms with van der Waals surface area (Å²) >= 11 is 6.75. The van der Waals surface area contributed by atoms with E-state index in [2.05, 4.69) is 36.6 Å². The maximum atomic E-state index is 11.1. The summed E-state index contributed by atoms with van der Waals surface area (Å²) in [5, 5.41) is 0. The summed E-state index contributed by atoms with van der Waals surface area (Å²) in [7, 11) is 1.35. The fourth-order valence-corrected chi connectivity index (χ4v) is 2.09. The van der Waals surface area contributed by atoms with Crippen LogP contribution < -0.4 is 5.73 Å². The lowest BCUT2D eigenvalue weighted by molar-refractivity contribution is -0.141. The molecule has 15 heavy (non-hydrogen) atoms. The van der Waals surface area contributed by atoms with Crippen LogP contribution in [0.2, 0.25) is 0 Å². The van der Waals surface area contributed by atoms with Crippen LogP contribution in [0.15, 0.2) is 27.1 Å². The molecule has 0 fully saturated rings.